The zero-order valence-electron chi connectivity index (χ0n) is 11.1. The van der Waals surface area contributed by atoms with E-state index < -0.39 is 6.04 Å². The number of benzene rings is 1. The maximum Gasteiger partial charge on any atom is 0.246 e. The van der Waals surface area contributed by atoms with Gasteiger partial charge in [0.1, 0.15) is 6.04 Å². The van der Waals surface area contributed by atoms with E-state index in [2.05, 4.69) is 0 Å². The number of likely N-dealkylation sites (N-methyl/N-ethyl adjacent to an activating group) is 1. The van der Waals surface area contributed by atoms with E-state index in [1.165, 1.54) is 12.7 Å². The minimum Gasteiger partial charge on any atom is -0.383 e. The van der Waals surface area contributed by atoms with Crippen LogP contribution >= 0.6 is 12.4 Å². The van der Waals surface area contributed by atoms with E-state index in [1.807, 2.05) is 38.1 Å². The summed E-state index contributed by atoms with van der Waals surface area (Å²) < 4.78 is 4.90. The van der Waals surface area contributed by atoms with Gasteiger partial charge in [-0.2, -0.15) is 0 Å². The van der Waals surface area contributed by atoms with Crippen molar-refractivity contribution >= 4 is 24.0 Å². The van der Waals surface area contributed by atoms with Crippen LogP contribution in [0.25, 0.3) is 0 Å². The Morgan fingerprint density at radius 2 is 1.94 bits per heavy atom. The lowest BCUT2D eigenvalue weighted by molar-refractivity contribution is -0.120. The molecule has 1 amide bonds. The third-order valence-corrected chi connectivity index (χ3v) is 2.59. The van der Waals surface area contributed by atoms with Gasteiger partial charge in [-0.05, 0) is 26.0 Å². The average molecular weight is 273 g/mol. The second-order valence-corrected chi connectivity index (χ2v) is 3.98. The summed E-state index contributed by atoms with van der Waals surface area (Å²) >= 11 is 0. The molecule has 0 fully saturated rings. The number of ether oxygens (including phenoxy) is 1. The van der Waals surface area contributed by atoms with Crippen LogP contribution in [-0.2, 0) is 9.53 Å². The van der Waals surface area contributed by atoms with Crippen molar-refractivity contribution in [3.8, 4) is 0 Å². The Bertz CT molecular complexity index is 368. The number of anilines is 1. The molecule has 1 aromatic rings. The first-order chi connectivity index (χ1) is 8.10. The van der Waals surface area contributed by atoms with Crippen molar-refractivity contribution in [3.63, 3.8) is 0 Å². The van der Waals surface area contributed by atoms with Gasteiger partial charge in [-0.3, -0.25) is 4.79 Å². The average Bonchev–Trinajstić information content (AvgIpc) is 2.32. The van der Waals surface area contributed by atoms with E-state index in [0.29, 0.717) is 6.54 Å². The number of carbonyl (C=O) groups excluding carboxylic acids is 1. The predicted molar refractivity (Wildman–Crippen MR) is 76.3 cm³/mol. The highest BCUT2D eigenvalue weighted by molar-refractivity contribution is 5.97. The molecule has 1 rings (SSSR count). The van der Waals surface area contributed by atoms with Gasteiger partial charge >= 0.3 is 0 Å². The first-order valence-electron chi connectivity index (χ1n) is 5.72. The quantitative estimate of drug-likeness (QED) is 0.888. The molecule has 1 atom stereocenters. The van der Waals surface area contributed by atoms with Crippen molar-refractivity contribution in [3.05, 3.63) is 29.8 Å². The van der Waals surface area contributed by atoms with Gasteiger partial charge in [0.05, 0.1) is 6.61 Å². The molecule has 0 aromatic heterocycles. The molecule has 0 radical (unpaired) electrons. The van der Waals surface area contributed by atoms with Crippen LogP contribution in [0.1, 0.15) is 12.5 Å². The lowest BCUT2D eigenvalue weighted by atomic mass is 10.2. The molecule has 0 aliphatic heterocycles. The number of nitrogens with zero attached hydrogens (tertiary/aromatic N) is 1. The van der Waals surface area contributed by atoms with Crippen molar-refractivity contribution in [2.45, 2.75) is 19.9 Å². The maximum absolute atomic E-state index is 12.1. The molecule has 18 heavy (non-hydrogen) atoms. The minimum absolute atomic E-state index is 0. The molecule has 0 aliphatic carbocycles. The SMILES string of the molecule is CCN(C(=O)C(N)COC)c1ccc(C)cc1.Cl. The number of hydrogen-bond acceptors (Lipinski definition) is 3. The summed E-state index contributed by atoms with van der Waals surface area (Å²) in [5.41, 5.74) is 7.79. The zero-order valence-corrected chi connectivity index (χ0v) is 11.9. The molecule has 2 N–H and O–H groups in total. The van der Waals surface area contributed by atoms with Crippen LogP contribution in [0, 0.1) is 6.92 Å². The van der Waals surface area contributed by atoms with E-state index in [9.17, 15) is 4.79 Å². The minimum atomic E-state index is -0.610. The molecule has 1 aromatic carbocycles. The summed E-state index contributed by atoms with van der Waals surface area (Å²) in [6.07, 6.45) is 0. The molecular weight excluding hydrogens is 252 g/mol. The second kappa shape index (κ2) is 8.08. The van der Waals surface area contributed by atoms with Crippen molar-refractivity contribution < 1.29 is 9.53 Å². The number of rotatable bonds is 5. The van der Waals surface area contributed by atoms with E-state index in [0.717, 1.165) is 5.69 Å². The van der Waals surface area contributed by atoms with Crippen molar-refractivity contribution in [1.82, 2.24) is 0 Å². The highest BCUT2D eigenvalue weighted by atomic mass is 35.5. The number of carbonyl (C=O) groups is 1. The van der Waals surface area contributed by atoms with E-state index in [4.69, 9.17) is 10.5 Å². The van der Waals surface area contributed by atoms with Crippen molar-refractivity contribution in [2.75, 3.05) is 25.2 Å². The van der Waals surface area contributed by atoms with Gasteiger partial charge < -0.3 is 15.4 Å². The molecule has 0 saturated carbocycles. The van der Waals surface area contributed by atoms with Crippen molar-refractivity contribution in [1.29, 1.82) is 0 Å². The van der Waals surface area contributed by atoms with Crippen LogP contribution in [0.4, 0.5) is 5.69 Å². The topological polar surface area (TPSA) is 55.6 Å². The highest BCUT2D eigenvalue weighted by Crippen LogP contribution is 2.15. The number of amides is 1. The molecule has 1 unspecified atom stereocenters. The van der Waals surface area contributed by atoms with E-state index in [-0.39, 0.29) is 24.9 Å². The van der Waals surface area contributed by atoms with E-state index in [1.54, 1.807) is 4.90 Å². The first kappa shape index (κ1) is 16.9. The molecule has 0 spiro atoms. The van der Waals surface area contributed by atoms with Crippen LogP contribution in [-0.4, -0.2) is 32.2 Å². The summed E-state index contributed by atoms with van der Waals surface area (Å²) in [6, 6.07) is 7.20. The van der Waals surface area contributed by atoms with Gasteiger partial charge in [0.25, 0.3) is 0 Å². The summed E-state index contributed by atoms with van der Waals surface area (Å²) in [4.78, 5) is 13.7. The standard InChI is InChI=1S/C13H20N2O2.ClH/c1-4-15(13(16)12(14)9-17-3)11-7-5-10(2)6-8-11;/h5-8,12H,4,9,14H2,1-3H3;1H. The predicted octanol–water partition coefficient (Wildman–Crippen LogP) is 1.74. The number of nitrogens with two attached hydrogens (primary N) is 1. The van der Waals surface area contributed by atoms with Crippen LogP contribution < -0.4 is 10.6 Å². The lowest BCUT2D eigenvalue weighted by Crippen LogP contribution is -2.46. The summed E-state index contributed by atoms with van der Waals surface area (Å²) in [5.74, 6) is -0.113. The Balaban J connectivity index is 0.00000289. The van der Waals surface area contributed by atoms with Gasteiger partial charge in [0, 0.05) is 19.3 Å². The Labute approximate surface area is 115 Å². The van der Waals surface area contributed by atoms with Crippen molar-refractivity contribution in [2.24, 2.45) is 5.73 Å². The Morgan fingerprint density at radius 3 is 2.39 bits per heavy atom. The smallest absolute Gasteiger partial charge is 0.246 e. The van der Waals surface area contributed by atoms with Crippen LogP contribution in [0.3, 0.4) is 0 Å². The molecule has 0 saturated heterocycles. The third kappa shape index (κ3) is 4.29. The van der Waals surface area contributed by atoms with Crippen LogP contribution in [0.5, 0.6) is 0 Å². The van der Waals surface area contributed by atoms with Gasteiger partial charge in [-0.1, -0.05) is 17.7 Å². The maximum atomic E-state index is 12.1. The van der Waals surface area contributed by atoms with Gasteiger partial charge in [0.2, 0.25) is 5.91 Å². The molecule has 0 bridgehead atoms. The largest absolute Gasteiger partial charge is 0.383 e. The fourth-order valence-electron chi connectivity index (χ4n) is 1.64. The fraction of sp³-hybridized carbons (Fsp3) is 0.462. The van der Waals surface area contributed by atoms with Crippen LogP contribution in [0.2, 0.25) is 0 Å². The monoisotopic (exact) mass is 272 g/mol. The van der Waals surface area contributed by atoms with Gasteiger partial charge in [-0.25, -0.2) is 0 Å². The number of halogens is 1. The summed E-state index contributed by atoms with van der Waals surface area (Å²) in [5, 5.41) is 0. The number of hydrogen-bond donors (Lipinski definition) is 1. The number of methoxy groups -OCH3 is 1. The fourth-order valence-corrected chi connectivity index (χ4v) is 1.64. The normalized spacial score (nSPS) is 11.6. The van der Waals surface area contributed by atoms with Crippen LogP contribution in [0.15, 0.2) is 24.3 Å². The molecule has 4 nitrogen and oxygen atoms in total. The second-order valence-electron chi connectivity index (χ2n) is 3.98. The number of aryl methyl sites for hydroxylation is 1. The molecule has 0 heterocycles. The van der Waals surface area contributed by atoms with Gasteiger partial charge in [0.15, 0.2) is 0 Å². The molecular formula is C13H21ClN2O2. The Kier molecular flexibility index (Phi) is 7.59. The highest BCUT2D eigenvalue weighted by Gasteiger charge is 2.20. The molecule has 0 aliphatic rings. The first-order valence-corrected chi connectivity index (χ1v) is 5.72. The summed E-state index contributed by atoms with van der Waals surface area (Å²) in [7, 11) is 1.54. The lowest BCUT2D eigenvalue weighted by Gasteiger charge is -2.24. The van der Waals surface area contributed by atoms with E-state index >= 15 is 0 Å². The van der Waals surface area contributed by atoms with Gasteiger partial charge in [-0.15, -0.1) is 12.4 Å². The molecule has 102 valence electrons. The Hall–Kier alpha value is -1.10. The summed E-state index contributed by atoms with van der Waals surface area (Å²) in [6.45, 7) is 4.77. The third-order valence-electron chi connectivity index (χ3n) is 2.59. The zero-order chi connectivity index (χ0) is 12.8. The molecule has 5 heteroatoms. The Morgan fingerprint density at radius 1 is 1.39 bits per heavy atom.